The Bertz CT molecular complexity index is 1010. The molecule has 1 heterocycles. The van der Waals surface area contributed by atoms with Gasteiger partial charge in [0.15, 0.2) is 11.5 Å². The maximum absolute atomic E-state index is 13.0. The number of rotatable bonds is 5. The van der Waals surface area contributed by atoms with Crippen LogP contribution in [0.4, 0.5) is 5.69 Å². The number of pyridine rings is 1. The fourth-order valence-corrected chi connectivity index (χ4v) is 3.73. The Labute approximate surface area is 164 Å². The Balaban J connectivity index is 1.61. The van der Waals surface area contributed by atoms with E-state index in [9.17, 15) is 4.79 Å². The molecular formula is C23H24N2O3. The summed E-state index contributed by atoms with van der Waals surface area (Å²) in [4.78, 5) is 17.5. The van der Waals surface area contributed by atoms with Crippen molar-refractivity contribution in [2.24, 2.45) is 0 Å². The molecule has 5 nitrogen and oxygen atoms in total. The van der Waals surface area contributed by atoms with Crippen molar-refractivity contribution in [1.29, 1.82) is 0 Å². The van der Waals surface area contributed by atoms with Crippen molar-refractivity contribution in [3.8, 4) is 11.5 Å². The summed E-state index contributed by atoms with van der Waals surface area (Å²) in [6, 6.07) is 15.0. The average Bonchev–Trinajstić information content (AvgIpc) is 3.20. The van der Waals surface area contributed by atoms with E-state index in [1.807, 2.05) is 55.5 Å². The molecule has 0 bridgehead atoms. The van der Waals surface area contributed by atoms with Crippen LogP contribution in [0.3, 0.4) is 0 Å². The number of carbonyl (C=O) groups excluding carboxylic acids is 1. The number of anilines is 1. The molecule has 28 heavy (non-hydrogen) atoms. The Kier molecular flexibility index (Phi) is 5.15. The first kappa shape index (κ1) is 18.3. The lowest BCUT2D eigenvalue weighted by Crippen LogP contribution is -2.14. The molecule has 0 spiro atoms. The summed E-state index contributed by atoms with van der Waals surface area (Å²) in [6.45, 7) is 1.89. The van der Waals surface area contributed by atoms with Crippen LogP contribution in [-0.2, 0) is 0 Å². The number of amides is 1. The molecule has 1 N–H and O–H groups in total. The van der Waals surface area contributed by atoms with Crippen molar-refractivity contribution in [2.45, 2.75) is 38.7 Å². The minimum atomic E-state index is -0.168. The average molecular weight is 376 g/mol. The van der Waals surface area contributed by atoms with Gasteiger partial charge in [0.1, 0.15) is 0 Å². The van der Waals surface area contributed by atoms with Gasteiger partial charge in [-0.05, 0) is 56.9 Å². The number of carbonyl (C=O) groups is 1. The van der Waals surface area contributed by atoms with Crippen molar-refractivity contribution < 1.29 is 14.3 Å². The number of hydrogen-bond donors (Lipinski definition) is 1. The Hall–Kier alpha value is -3.08. The van der Waals surface area contributed by atoms with Gasteiger partial charge in [0, 0.05) is 22.8 Å². The molecule has 1 amide bonds. The summed E-state index contributed by atoms with van der Waals surface area (Å²) < 4.78 is 11.6. The molecular weight excluding hydrogens is 352 g/mol. The zero-order valence-corrected chi connectivity index (χ0v) is 16.2. The number of nitrogens with one attached hydrogen (secondary N) is 1. The highest BCUT2D eigenvalue weighted by Gasteiger charge is 2.19. The Morgan fingerprint density at radius 1 is 1.07 bits per heavy atom. The van der Waals surface area contributed by atoms with E-state index in [-0.39, 0.29) is 12.0 Å². The number of hydrogen-bond acceptors (Lipinski definition) is 4. The van der Waals surface area contributed by atoms with Crippen molar-refractivity contribution >= 4 is 22.5 Å². The van der Waals surface area contributed by atoms with Crippen LogP contribution < -0.4 is 14.8 Å². The minimum Gasteiger partial charge on any atom is -0.493 e. The second-order valence-electron chi connectivity index (χ2n) is 7.17. The number of ether oxygens (including phenoxy) is 2. The number of aromatic nitrogens is 1. The van der Waals surface area contributed by atoms with Crippen molar-refractivity contribution in [3.05, 3.63) is 59.8 Å². The summed E-state index contributed by atoms with van der Waals surface area (Å²) in [5, 5.41) is 3.83. The van der Waals surface area contributed by atoms with E-state index in [1.54, 1.807) is 7.11 Å². The lowest BCUT2D eigenvalue weighted by atomic mass is 10.1. The van der Waals surface area contributed by atoms with Gasteiger partial charge in [0.25, 0.3) is 5.91 Å². The molecule has 1 fully saturated rings. The lowest BCUT2D eigenvalue weighted by molar-refractivity contribution is 0.102. The van der Waals surface area contributed by atoms with E-state index in [4.69, 9.17) is 9.47 Å². The maximum atomic E-state index is 13.0. The zero-order chi connectivity index (χ0) is 19.5. The normalized spacial score (nSPS) is 14.2. The van der Waals surface area contributed by atoms with E-state index < -0.39 is 0 Å². The molecule has 5 heteroatoms. The van der Waals surface area contributed by atoms with Crippen molar-refractivity contribution in [2.75, 3.05) is 12.4 Å². The second-order valence-corrected chi connectivity index (χ2v) is 7.17. The molecule has 0 aliphatic heterocycles. The minimum absolute atomic E-state index is 0.168. The molecule has 1 saturated carbocycles. The van der Waals surface area contributed by atoms with Gasteiger partial charge in [-0.25, -0.2) is 0 Å². The van der Waals surface area contributed by atoms with Gasteiger partial charge >= 0.3 is 0 Å². The van der Waals surface area contributed by atoms with Crippen LogP contribution in [0.2, 0.25) is 0 Å². The van der Waals surface area contributed by atoms with E-state index in [0.29, 0.717) is 22.7 Å². The van der Waals surface area contributed by atoms with Gasteiger partial charge in [0.05, 0.1) is 24.3 Å². The predicted molar refractivity (Wildman–Crippen MR) is 110 cm³/mol. The summed E-state index contributed by atoms with van der Waals surface area (Å²) >= 11 is 0. The number of nitrogens with zero attached hydrogens (tertiary/aromatic N) is 1. The summed E-state index contributed by atoms with van der Waals surface area (Å²) in [5.41, 5.74) is 2.91. The van der Waals surface area contributed by atoms with Gasteiger partial charge in [-0.1, -0.05) is 18.2 Å². The summed E-state index contributed by atoms with van der Waals surface area (Å²) in [7, 11) is 1.63. The zero-order valence-electron chi connectivity index (χ0n) is 16.2. The van der Waals surface area contributed by atoms with Crippen LogP contribution in [0.15, 0.2) is 48.5 Å². The van der Waals surface area contributed by atoms with Crippen LogP contribution in [0, 0.1) is 6.92 Å². The van der Waals surface area contributed by atoms with Crippen LogP contribution in [-0.4, -0.2) is 24.1 Å². The molecule has 0 saturated heterocycles. The van der Waals surface area contributed by atoms with E-state index >= 15 is 0 Å². The van der Waals surface area contributed by atoms with Gasteiger partial charge < -0.3 is 14.8 Å². The smallest absolute Gasteiger partial charge is 0.256 e. The number of aryl methyl sites for hydroxylation is 1. The SMILES string of the molecule is COc1ccc(NC(=O)c2cc(C)nc3ccccc23)cc1OC1CCCC1. The van der Waals surface area contributed by atoms with Gasteiger partial charge in [-0.15, -0.1) is 0 Å². The molecule has 1 aromatic heterocycles. The topological polar surface area (TPSA) is 60.5 Å². The molecule has 1 aliphatic rings. The van der Waals surface area contributed by atoms with E-state index in [2.05, 4.69) is 10.3 Å². The first-order valence-electron chi connectivity index (χ1n) is 9.66. The summed E-state index contributed by atoms with van der Waals surface area (Å²) in [5.74, 6) is 1.18. The molecule has 3 aromatic rings. The third kappa shape index (κ3) is 3.79. The van der Waals surface area contributed by atoms with Crippen molar-refractivity contribution in [1.82, 2.24) is 4.98 Å². The summed E-state index contributed by atoms with van der Waals surface area (Å²) in [6.07, 6.45) is 4.71. The van der Waals surface area contributed by atoms with E-state index in [1.165, 1.54) is 12.8 Å². The Morgan fingerprint density at radius 2 is 1.86 bits per heavy atom. The van der Waals surface area contributed by atoms with Crippen molar-refractivity contribution in [3.63, 3.8) is 0 Å². The molecule has 0 atom stereocenters. The number of methoxy groups -OCH3 is 1. The second kappa shape index (κ2) is 7.89. The molecule has 1 aliphatic carbocycles. The van der Waals surface area contributed by atoms with Crippen LogP contribution in [0.25, 0.3) is 10.9 Å². The van der Waals surface area contributed by atoms with Gasteiger partial charge in [0.2, 0.25) is 0 Å². The largest absolute Gasteiger partial charge is 0.493 e. The molecule has 144 valence electrons. The lowest BCUT2D eigenvalue weighted by Gasteiger charge is -2.17. The fourth-order valence-electron chi connectivity index (χ4n) is 3.73. The molecule has 0 radical (unpaired) electrons. The molecule has 0 unspecified atom stereocenters. The maximum Gasteiger partial charge on any atom is 0.256 e. The van der Waals surface area contributed by atoms with Crippen LogP contribution in [0.1, 0.15) is 41.7 Å². The third-order valence-electron chi connectivity index (χ3n) is 5.11. The number of fused-ring (bicyclic) bond motifs is 1. The molecule has 4 rings (SSSR count). The van der Waals surface area contributed by atoms with Gasteiger partial charge in [-0.3, -0.25) is 9.78 Å². The third-order valence-corrected chi connectivity index (χ3v) is 5.11. The molecule has 2 aromatic carbocycles. The predicted octanol–water partition coefficient (Wildman–Crippen LogP) is 5.13. The Morgan fingerprint density at radius 3 is 2.64 bits per heavy atom. The van der Waals surface area contributed by atoms with Crippen LogP contribution in [0.5, 0.6) is 11.5 Å². The highest BCUT2D eigenvalue weighted by Crippen LogP contribution is 2.34. The highest BCUT2D eigenvalue weighted by atomic mass is 16.5. The first-order valence-corrected chi connectivity index (χ1v) is 9.66. The van der Waals surface area contributed by atoms with E-state index in [0.717, 1.165) is 29.4 Å². The fraction of sp³-hybridized carbons (Fsp3) is 0.304. The number of para-hydroxylation sites is 1. The number of benzene rings is 2. The highest BCUT2D eigenvalue weighted by molar-refractivity contribution is 6.12. The first-order chi connectivity index (χ1) is 13.6. The van der Waals surface area contributed by atoms with Crippen LogP contribution >= 0.6 is 0 Å². The van der Waals surface area contributed by atoms with Gasteiger partial charge in [-0.2, -0.15) is 0 Å². The standard InChI is InChI=1S/C23H24N2O3/c1-15-13-19(18-9-5-6-10-20(18)24-15)23(26)25-16-11-12-21(27-2)22(14-16)28-17-7-3-4-8-17/h5-6,9-14,17H,3-4,7-8H2,1-2H3,(H,25,26). The monoisotopic (exact) mass is 376 g/mol. The quantitative estimate of drug-likeness (QED) is 0.671.